The van der Waals surface area contributed by atoms with E-state index in [9.17, 15) is 8.22 Å². The topological polar surface area (TPSA) is 24.6 Å². The number of benzene rings is 12. The number of furan rings is 1. The van der Waals surface area contributed by atoms with Gasteiger partial charge in [-0.1, -0.05) is 256 Å². The minimum absolute atomic E-state index is 0.0284. The van der Waals surface area contributed by atoms with Crippen molar-refractivity contribution in [3.8, 4) is 50.2 Å². The Balaban J connectivity index is 1.07. The smallest absolute Gasteiger partial charge is 0.159 e. The average molecular weight is 1160 g/mol. The molecule has 0 fully saturated rings. The zero-order chi connectivity index (χ0) is 72.0. The van der Waals surface area contributed by atoms with Crippen molar-refractivity contribution in [1.82, 2.24) is 4.57 Å². The summed E-state index contributed by atoms with van der Waals surface area (Å²) in [5.74, 6) is -0.577. The predicted molar refractivity (Wildman–Crippen MR) is 376 cm³/mol. The molecule has 2 aliphatic heterocycles. The fourth-order valence-corrected chi connectivity index (χ4v) is 13.6. The van der Waals surface area contributed by atoms with Crippen LogP contribution < -0.4 is 9.80 Å². The molecule has 4 heteroatoms. The maximum atomic E-state index is 9.51. The minimum Gasteiger partial charge on any atom is -0.452 e. The van der Waals surface area contributed by atoms with Crippen LogP contribution in [0.3, 0.4) is 0 Å². The van der Waals surface area contributed by atoms with Gasteiger partial charge in [0.05, 0.1) is 68.7 Å². The van der Waals surface area contributed by atoms with Gasteiger partial charge >= 0.3 is 0 Å². The van der Waals surface area contributed by atoms with Gasteiger partial charge < -0.3 is 18.8 Å². The predicted octanol–water partition coefficient (Wildman–Crippen LogP) is 24.0. The van der Waals surface area contributed by atoms with E-state index in [4.69, 9.17) is 14.0 Å². The molecule has 432 valence electrons. The van der Waals surface area contributed by atoms with E-state index in [1.165, 1.54) is 4.57 Å². The minimum atomic E-state index is -0.577. The van der Waals surface area contributed by atoms with E-state index >= 15 is 0 Å². The van der Waals surface area contributed by atoms with Crippen LogP contribution in [-0.4, -0.2) is 4.57 Å². The summed E-state index contributed by atoms with van der Waals surface area (Å²) in [5.41, 5.74) is 17.2. The first-order valence-corrected chi connectivity index (χ1v) is 30.5. The van der Waals surface area contributed by atoms with Crippen LogP contribution >= 0.6 is 0 Å². The summed E-state index contributed by atoms with van der Waals surface area (Å²) in [5, 5.41) is 1.24. The second kappa shape index (κ2) is 20.2. The van der Waals surface area contributed by atoms with E-state index in [-0.39, 0.29) is 50.3 Å². The van der Waals surface area contributed by atoms with Gasteiger partial charge in [0.25, 0.3) is 0 Å². The molecule has 0 amide bonds. The summed E-state index contributed by atoms with van der Waals surface area (Å²) < 4.78 is 128. The van der Waals surface area contributed by atoms with Crippen LogP contribution in [0.25, 0.3) is 93.9 Å². The fraction of sp³-hybridized carbons (Fsp3) is 0.153. The third-order valence-electron chi connectivity index (χ3n) is 18.2. The van der Waals surface area contributed by atoms with Crippen LogP contribution in [-0.2, 0) is 16.2 Å². The highest BCUT2D eigenvalue weighted by Crippen LogP contribution is 2.64. The van der Waals surface area contributed by atoms with Gasteiger partial charge in [0.2, 0.25) is 0 Å². The lowest BCUT2D eigenvalue weighted by atomic mass is 9.72. The van der Waals surface area contributed by atoms with Crippen LogP contribution in [0.2, 0.25) is 0 Å². The van der Waals surface area contributed by atoms with Crippen molar-refractivity contribution in [3.63, 3.8) is 0 Å². The van der Waals surface area contributed by atoms with E-state index in [1.54, 1.807) is 6.07 Å². The van der Waals surface area contributed by atoms with Crippen molar-refractivity contribution in [2.75, 3.05) is 9.80 Å². The van der Waals surface area contributed by atoms with Crippen LogP contribution in [0.4, 0.5) is 34.1 Å². The molecule has 4 nitrogen and oxygen atoms in total. The summed E-state index contributed by atoms with van der Waals surface area (Å²) >= 11 is 0. The molecule has 0 aliphatic carbocycles. The fourth-order valence-electron chi connectivity index (χ4n) is 13.6. The monoisotopic (exact) mass is 1160 g/mol. The van der Waals surface area contributed by atoms with Crippen LogP contribution in [0.5, 0.6) is 0 Å². The van der Waals surface area contributed by atoms with E-state index < -0.39 is 77.8 Å². The molecule has 1 unspecified atom stereocenters. The maximum Gasteiger partial charge on any atom is 0.159 e. The summed E-state index contributed by atoms with van der Waals surface area (Å²) in [6, 6.07) is 57.1. The first-order chi connectivity index (χ1) is 48.5. The molecular formula is C85H71N3O. The Labute approximate surface area is 540 Å². The molecule has 0 N–H and O–H groups in total. The van der Waals surface area contributed by atoms with Gasteiger partial charge in [0, 0.05) is 44.2 Å². The van der Waals surface area contributed by atoms with E-state index in [0.29, 0.717) is 38.9 Å². The number of fused-ring (bicyclic) bond motifs is 10. The second-order valence-electron chi connectivity index (χ2n) is 26.8. The normalized spacial score (nSPS) is 16.0. The molecule has 12 aromatic carbocycles. The highest BCUT2D eigenvalue weighted by atomic mass is 16.3. The van der Waals surface area contributed by atoms with Gasteiger partial charge in [-0.3, -0.25) is 0 Å². The van der Waals surface area contributed by atoms with Crippen molar-refractivity contribution >= 4 is 77.9 Å². The summed E-state index contributed by atoms with van der Waals surface area (Å²) in [7, 11) is 0. The number of anilines is 6. The average Bonchev–Trinajstić information content (AvgIpc) is 1.15. The molecule has 2 aliphatic rings. The highest BCUT2D eigenvalue weighted by Gasteiger charge is 2.44. The van der Waals surface area contributed by atoms with E-state index in [0.717, 1.165) is 95.2 Å². The lowest BCUT2D eigenvalue weighted by Gasteiger charge is -2.47. The largest absolute Gasteiger partial charge is 0.452 e. The Morgan fingerprint density at radius 1 is 0.337 bits per heavy atom. The van der Waals surface area contributed by atoms with Crippen LogP contribution in [0, 0.1) is 0 Å². The lowest BCUT2D eigenvalue weighted by molar-refractivity contribution is 0.589. The first kappa shape index (κ1) is 41.8. The molecule has 89 heavy (non-hydrogen) atoms. The Morgan fingerprint density at radius 3 is 1.46 bits per heavy atom. The molecule has 0 bridgehead atoms. The summed E-state index contributed by atoms with van der Waals surface area (Å²) in [6.07, 6.45) is 0. The molecule has 0 saturated carbocycles. The molecule has 0 radical (unpaired) electrons. The van der Waals surface area contributed by atoms with Crippen molar-refractivity contribution in [3.05, 3.63) is 294 Å². The number of nitrogens with zero attached hydrogens (tertiary/aromatic N) is 3. The standard InChI is InChI=1S/C85H71N3O/c1-83(2,3)59-33-23-32-56(46-59)58-42-44-66-75(48-58)87(74-41-25-37-65-64-36-24-40-73(81(64)89-82(65)74)86-70-38-21-19-34-62(70)63-35-20-22-39-71(63)86)76-51-61(85(7,8)9)52-77-79(76)78(66)69-47-57(53-26-13-10-14-27-53)43-45-72(69)88(77)80-67(54-28-15-11-16-29-54)49-60(84(4,5)6)50-68(80)55-30-17-12-18-31-55/h10-52,78H,1-9H3/i10D,13D,14D,19D,20D,21D,22D,26D,27D,34D,35D,38D,39D. The number of aromatic nitrogens is 1. The Kier molecular flexibility index (Phi) is 9.50. The molecule has 2 aromatic heterocycles. The Morgan fingerprint density at radius 2 is 0.843 bits per heavy atom. The van der Waals surface area contributed by atoms with Crippen molar-refractivity contribution in [2.45, 2.75) is 84.5 Å². The van der Waals surface area contributed by atoms with Gasteiger partial charge in [0.1, 0.15) is 0 Å². The maximum absolute atomic E-state index is 9.51. The lowest BCUT2D eigenvalue weighted by Crippen LogP contribution is -2.31. The summed E-state index contributed by atoms with van der Waals surface area (Å²) in [4.78, 5) is 4.71. The number of hydrogen-bond acceptors (Lipinski definition) is 3. The van der Waals surface area contributed by atoms with Crippen molar-refractivity contribution in [2.24, 2.45) is 0 Å². The van der Waals surface area contributed by atoms with Gasteiger partial charge in [0.15, 0.2) is 11.2 Å². The zero-order valence-electron chi connectivity index (χ0n) is 64.1. The van der Waals surface area contributed by atoms with Crippen LogP contribution in [0.15, 0.2) is 265 Å². The molecule has 14 aromatic rings. The second-order valence-corrected chi connectivity index (χ2v) is 26.8. The molecule has 0 spiro atoms. The third-order valence-corrected chi connectivity index (χ3v) is 18.2. The molecule has 16 rings (SSSR count). The molecule has 1 atom stereocenters. The number of hydrogen-bond donors (Lipinski definition) is 0. The zero-order valence-corrected chi connectivity index (χ0v) is 51.1. The van der Waals surface area contributed by atoms with Gasteiger partial charge in [-0.25, -0.2) is 0 Å². The van der Waals surface area contributed by atoms with Gasteiger partial charge in [-0.2, -0.15) is 0 Å². The quantitative estimate of drug-likeness (QED) is 0.159. The van der Waals surface area contributed by atoms with E-state index in [1.807, 2.05) is 54.6 Å². The Bertz CT molecular complexity index is 5790. The molecule has 0 saturated heterocycles. The molecule has 4 heterocycles. The first-order valence-electron chi connectivity index (χ1n) is 37.0. The van der Waals surface area contributed by atoms with Crippen molar-refractivity contribution < 1.29 is 22.2 Å². The molecular weight excluding hydrogens is 1080 g/mol. The number of rotatable bonds is 7. The van der Waals surface area contributed by atoms with Gasteiger partial charge in [-0.05, 0) is 144 Å². The Hall–Kier alpha value is -10.2. The SMILES string of the molecule is [2H]c1c([2H])c([2H])c(-c2ccc3c(c2)C2c4ccc(-c5cccc(C(C)(C)C)c5)cc4N(c4cccc5c4oc4c(-n6c7c([2H])c([2H])c([2H])c([2H])c7c7c([2H])c([2H])c([2H])c([2H])c76)cccc45)c4cc(C(C)(C)C)cc(c42)N3c2c(-c3ccccc3)cc(C(C)(C)C)cc2-c2ccccc2)c([2H])c1[2H]. The highest BCUT2D eigenvalue weighted by molar-refractivity contribution is 6.16. The van der Waals surface area contributed by atoms with Crippen LogP contribution in [0.1, 0.15) is 119 Å². The number of para-hydroxylation sites is 4. The summed E-state index contributed by atoms with van der Waals surface area (Å²) in [6.45, 7) is 19.9. The van der Waals surface area contributed by atoms with Crippen molar-refractivity contribution in [1.29, 1.82) is 0 Å². The van der Waals surface area contributed by atoms with Gasteiger partial charge in [-0.15, -0.1) is 0 Å². The third kappa shape index (κ3) is 8.78. The van der Waals surface area contributed by atoms with E-state index in [2.05, 4.69) is 193 Å².